The monoisotopic (exact) mass is 409 g/mol. The molecule has 0 amide bonds. The quantitative estimate of drug-likeness (QED) is 0.425. The lowest BCUT2D eigenvalue weighted by molar-refractivity contribution is -0.0721. The molecule has 0 saturated carbocycles. The van der Waals surface area contributed by atoms with Crippen molar-refractivity contribution in [2.24, 2.45) is 4.99 Å². The Morgan fingerprint density at radius 3 is 2.86 bits per heavy atom. The topological polar surface area (TPSA) is 55.3 Å². The van der Waals surface area contributed by atoms with Crippen LogP contribution < -0.4 is 10.1 Å². The van der Waals surface area contributed by atoms with E-state index in [-0.39, 0.29) is 0 Å². The minimum absolute atomic E-state index is 0.292. The molecule has 1 aromatic carbocycles. The second-order valence-electron chi connectivity index (χ2n) is 7.29. The number of hydrogen-bond acceptors (Lipinski definition) is 4. The number of hydrogen-bond donors (Lipinski definition) is 1. The molecule has 0 bridgehead atoms. The van der Waals surface area contributed by atoms with Crippen molar-refractivity contribution in [3.63, 3.8) is 0 Å². The number of piperidine rings is 1. The van der Waals surface area contributed by atoms with Crippen molar-refractivity contribution in [1.29, 1.82) is 0 Å². The molecule has 1 N–H and O–H groups in total. The minimum Gasteiger partial charge on any atom is -0.492 e. The molecule has 28 heavy (non-hydrogen) atoms. The molecule has 1 unspecified atom stereocenters. The van der Waals surface area contributed by atoms with E-state index in [0.29, 0.717) is 30.4 Å². The van der Waals surface area contributed by atoms with Gasteiger partial charge >= 0.3 is 0 Å². The number of benzene rings is 1. The van der Waals surface area contributed by atoms with E-state index in [9.17, 15) is 0 Å². The van der Waals surface area contributed by atoms with Gasteiger partial charge in [-0.15, -0.1) is 0 Å². The van der Waals surface area contributed by atoms with Gasteiger partial charge in [0, 0.05) is 31.8 Å². The fourth-order valence-electron chi connectivity index (χ4n) is 3.64. The summed E-state index contributed by atoms with van der Waals surface area (Å²) in [4.78, 5) is 6.70. The van der Waals surface area contributed by atoms with Gasteiger partial charge in [-0.05, 0) is 50.3 Å². The zero-order valence-corrected chi connectivity index (χ0v) is 17.5. The van der Waals surface area contributed by atoms with Gasteiger partial charge in [0.05, 0.1) is 25.4 Å². The summed E-state index contributed by atoms with van der Waals surface area (Å²) in [6, 6.07) is 7.45. The zero-order chi connectivity index (χ0) is 19.6. The van der Waals surface area contributed by atoms with Gasteiger partial charge in [0.15, 0.2) is 5.96 Å². The van der Waals surface area contributed by atoms with Crippen molar-refractivity contribution >= 4 is 17.6 Å². The van der Waals surface area contributed by atoms with Crippen LogP contribution in [0.2, 0.25) is 5.02 Å². The van der Waals surface area contributed by atoms with E-state index >= 15 is 0 Å². The smallest absolute Gasteiger partial charge is 0.193 e. The Kier molecular flexibility index (Phi) is 8.70. The number of halogens is 1. The van der Waals surface area contributed by atoms with Crippen molar-refractivity contribution < 1.29 is 14.2 Å². The Balaban J connectivity index is 1.32. The van der Waals surface area contributed by atoms with Crippen LogP contribution in [-0.2, 0) is 9.47 Å². The maximum absolute atomic E-state index is 6.10. The maximum atomic E-state index is 6.10. The van der Waals surface area contributed by atoms with Gasteiger partial charge in [-0.2, -0.15) is 0 Å². The molecule has 1 atom stereocenters. The molecule has 2 aliphatic heterocycles. The van der Waals surface area contributed by atoms with E-state index < -0.39 is 0 Å². The van der Waals surface area contributed by atoms with Crippen LogP contribution in [0.25, 0.3) is 0 Å². The molecule has 3 rings (SSSR count). The van der Waals surface area contributed by atoms with E-state index in [4.69, 9.17) is 25.8 Å². The Labute approximate surface area is 173 Å². The fraction of sp³-hybridized carbons (Fsp3) is 0.667. The number of rotatable bonds is 7. The molecule has 0 radical (unpaired) electrons. The van der Waals surface area contributed by atoms with Gasteiger partial charge in [-0.3, -0.25) is 4.99 Å². The Bertz CT molecular complexity index is 615. The zero-order valence-electron chi connectivity index (χ0n) is 16.7. The van der Waals surface area contributed by atoms with Gasteiger partial charge in [-0.25, -0.2) is 0 Å². The van der Waals surface area contributed by atoms with Crippen LogP contribution in [0, 0.1) is 0 Å². The fourth-order valence-corrected chi connectivity index (χ4v) is 3.82. The number of guanidine groups is 1. The summed E-state index contributed by atoms with van der Waals surface area (Å²) in [6.07, 6.45) is 6.23. The lowest BCUT2D eigenvalue weighted by Crippen LogP contribution is -2.48. The third kappa shape index (κ3) is 6.83. The number of nitrogens with zero attached hydrogens (tertiary/aromatic N) is 2. The number of ether oxygens (including phenoxy) is 3. The van der Waals surface area contributed by atoms with Crippen molar-refractivity contribution in [3.05, 3.63) is 29.3 Å². The predicted octanol–water partition coefficient (Wildman–Crippen LogP) is 3.34. The molecule has 1 aromatic rings. The number of likely N-dealkylation sites (tertiary alicyclic amines) is 1. The highest BCUT2D eigenvalue weighted by Gasteiger charge is 2.23. The summed E-state index contributed by atoms with van der Waals surface area (Å²) >= 11 is 5.97. The van der Waals surface area contributed by atoms with Crippen LogP contribution in [0.5, 0.6) is 5.75 Å². The van der Waals surface area contributed by atoms with Gasteiger partial charge in [0.25, 0.3) is 0 Å². The van der Waals surface area contributed by atoms with Gasteiger partial charge in [0.2, 0.25) is 0 Å². The van der Waals surface area contributed by atoms with Crippen LogP contribution in [0.1, 0.15) is 32.1 Å². The van der Waals surface area contributed by atoms with Crippen LogP contribution in [0.3, 0.4) is 0 Å². The van der Waals surface area contributed by atoms with Gasteiger partial charge in [0.1, 0.15) is 12.4 Å². The molecule has 6 nitrogen and oxygen atoms in total. The first-order valence-electron chi connectivity index (χ1n) is 10.3. The summed E-state index contributed by atoms with van der Waals surface area (Å²) in [5.74, 6) is 1.70. The van der Waals surface area contributed by atoms with Gasteiger partial charge < -0.3 is 24.4 Å². The SMILES string of the molecule is CN=C(NCCOc1cccc(Cl)c1)N1CCC(OCC2CCCCO2)CC1. The molecule has 2 saturated heterocycles. The molecule has 7 heteroatoms. The molecule has 0 aromatic heterocycles. The second-order valence-corrected chi connectivity index (χ2v) is 7.72. The van der Waals surface area contributed by atoms with Crippen molar-refractivity contribution in [2.45, 2.75) is 44.3 Å². The molecule has 0 spiro atoms. The summed E-state index contributed by atoms with van der Waals surface area (Å²) in [6.45, 7) is 4.76. The molecule has 156 valence electrons. The predicted molar refractivity (Wildman–Crippen MR) is 112 cm³/mol. The van der Waals surface area contributed by atoms with Crippen LogP contribution >= 0.6 is 11.6 Å². The van der Waals surface area contributed by atoms with E-state index in [0.717, 1.165) is 57.3 Å². The molecular formula is C21H32ClN3O3. The van der Waals surface area contributed by atoms with Crippen LogP contribution in [0.15, 0.2) is 29.3 Å². The van der Waals surface area contributed by atoms with E-state index in [1.54, 1.807) is 0 Å². The Hall–Kier alpha value is -1.50. The van der Waals surface area contributed by atoms with Crippen LogP contribution in [0.4, 0.5) is 0 Å². The second kappa shape index (κ2) is 11.5. The maximum Gasteiger partial charge on any atom is 0.193 e. The molecule has 2 aliphatic rings. The van der Waals surface area contributed by atoms with E-state index in [1.165, 1.54) is 12.8 Å². The average Bonchev–Trinajstić information content (AvgIpc) is 2.74. The highest BCUT2D eigenvalue weighted by Crippen LogP contribution is 2.18. The summed E-state index contributed by atoms with van der Waals surface area (Å²) in [5, 5.41) is 4.06. The normalized spacial score (nSPS) is 21.6. The third-order valence-electron chi connectivity index (χ3n) is 5.20. The minimum atomic E-state index is 0.292. The molecule has 2 heterocycles. The Morgan fingerprint density at radius 1 is 1.29 bits per heavy atom. The lowest BCUT2D eigenvalue weighted by atomic mass is 10.1. The summed E-state index contributed by atoms with van der Waals surface area (Å²) in [7, 11) is 1.82. The average molecular weight is 410 g/mol. The third-order valence-corrected chi connectivity index (χ3v) is 5.43. The molecule has 0 aliphatic carbocycles. The van der Waals surface area contributed by atoms with Gasteiger partial charge in [-0.1, -0.05) is 17.7 Å². The molecular weight excluding hydrogens is 378 g/mol. The van der Waals surface area contributed by atoms with Crippen molar-refractivity contribution in [2.75, 3.05) is 46.5 Å². The van der Waals surface area contributed by atoms with E-state index in [1.807, 2.05) is 31.3 Å². The highest BCUT2D eigenvalue weighted by molar-refractivity contribution is 6.30. The summed E-state index contributed by atoms with van der Waals surface area (Å²) in [5.41, 5.74) is 0. The lowest BCUT2D eigenvalue weighted by Gasteiger charge is -2.35. The first kappa shape index (κ1) is 21.2. The Morgan fingerprint density at radius 2 is 2.14 bits per heavy atom. The summed E-state index contributed by atoms with van der Waals surface area (Å²) < 4.78 is 17.6. The van der Waals surface area contributed by atoms with Crippen LogP contribution in [-0.4, -0.2) is 69.6 Å². The highest BCUT2D eigenvalue weighted by atomic mass is 35.5. The standard InChI is InChI=1S/C21H32ClN3O3/c1-23-21(24-10-14-27-19-7-4-5-17(22)15-19)25-11-8-18(9-12-25)28-16-20-6-2-3-13-26-20/h4-5,7,15,18,20H,2-3,6,8-14,16H2,1H3,(H,23,24). The van der Waals surface area contributed by atoms with Crippen molar-refractivity contribution in [3.8, 4) is 5.75 Å². The van der Waals surface area contributed by atoms with E-state index in [2.05, 4.69) is 15.2 Å². The first-order chi connectivity index (χ1) is 13.7. The number of nitrogens with one attached hydrogen (secondary N) is 1. The number of aliphatic imine (C=N–C) groups is 1. The first-order valence-corrected chi connectivity index (χ1v) is 10.7. The largest absolute Gasteiger partial charge is 0.492 e. The molecule has 2 fully saturated rings. The van der Waals surface area contributed by atoms with Crippen molar-refractivity contribution in [1.82, 2.24) is 10.2 Å².